The highest BCUT2D eigenvalue weighted by Gasteiger charge is 2.33. The summed E-state index contributed by atoms with van der Waals surface area (Å²) < 4.78 is 6.20. The van der Waals surface area contributed by atoms with Crippen LogP contribution in [0.5, 0.6) is 0 Å². The van der Waals surface area contributed by atoms with E-state index in [-0.39, 0.29) is 0 Å². The molecule has 1 aliphatic rings. The molecule has 0 aromatic carbocycles. The van der Waals surface area contributed by atoms with Gasteiger partial charge in [0.05, 0.1) is 6.10 Å². The van der Waals surface area contributed by atoms with Crippen LogP contribution in [-0.2, 0) is 4.74 Å². The topological polar surface area (TPSA) is 21.3 Å². The van der Waals surface area contributed by atoms with Crippen molar-refractivity contribution in [2.24, 2.45) is 11.8 Å². The Balaban J connectivity index is 2.70. The van der Waals surface area contributed by atoms with Crippen molar-refractivity contribution < 1.29 is 4.74 Å². The van der Waals surface area contributed by atoms with Crippen LogP contribution in [0, 0.1) is 11.8 Å². The van der Waals surface area contributed by atoms with Crippen LogP contribution >= 0.6 is 0 Å². The highest BCUT2D eigenvalue weighted by Crippen LogP contribution is 2.31. The van der Waals surface area contributed by atoms with Crippen LogP contribution in [0.1, 0.15) is 72.6 Å². The zero-order chi connectivity index (χ0) is 14.1. The molecule has 0 saturated heterocycles. The van der Waals surface area contributed by atoms with Crippen LogP contribution in [0.15, 0.2) is 0 Å². The van der Waals surface area contributed by atoms with E-state index >= 15 is 0 Å². The lowest BCUT2D eigenvalue weighted by Gasteiger charge is -2.38. The molecule has 2 nitrogen and oxygen atoms in total. The Kier molecular flexibility index (Phi) is 8.72. The fourth-order valence-electron chi connectivity index (χ4n) is 3.39. The van der Waals surface area contributed by atoms with Gasteiger partial charge in [0.2, 0.25) is 0 Å². The Hall–Kier alpha value is -0.0800. The molecule has 0 aromatic heterocycles. The summed E-state index contributed by atoms with van der Waals surface area (Å²) in [6.07, 6.45) is 9.81. The molecule has 1 aliphatic carbocycles. The smallest absolute Gasteiger partial charge is 0.0758 e. The number of rotatable bonds is 9. The van der Waals surface area contributed by atoms with Gasteiger partial charge in [-0.05, 0) is 44.6 Å². The summed E-state index contributed by atoms with van der Waals surface area (Å²) in [6, 6.07) is 0.535. The molecule has 19 heavy (non-hydrogen) atoms. The lowest BCUT2D eigenvalue weighted by molar-refractivity contribution is -0.0299. The van der Waals surface area contributed by atoms with Crippen LogP contribution in [0.3, 0.4) is 0 Å². The van der Waals surface area contributed by atoms with Gasteiger partial charge < -0.3 is 10.1 Å². The maximum absolute atomic E-state index is 6.20. The second-order valence-corrected chi connectivity index (χ2v) is 6.18. The fourth-order valence-corrected chi connectivity index (χ4v) is 3.39. The largest absolute Gasteiger partial charge is 0.377 e. The molecule has 0 spiro atoms. The van der Waals surface area contributed by atoms with Crippen molar-refractivity contribution in [2.75, 3.05) is 13.2 Å². The zero-order valence-corrected chi connectivity index (χ0v) is 13.6. The number of nitrogens with one attached hydrogen (secondary N) is 1. The molecule has 3 unspecified atom stereocenters. The van der Waals surface area contributed by atoms with Gasteiger partial charge in [0.1, 0.15) is 0 Å². The summed E-state index contributed by atoms with van der Waals surface area (Å²) in [6.45, 7) is 11.0. The molecule has 2 heteroatoms. The van der Waals surface area contributed by atoms with Crippen molar-refractivity contribution in [2.45, 2.75) is 84.8 Å². The molecule has 114 valence electrons. The van der Waals surface area contributed by atoms with Gasteiger partial charge in [0.15, 0.2) is 0 Å². The number of hydrogen-bond acceptors (Lipinski definition) is 2. The third-order valence-electron chi connectivity index (χ3n) is 4.71. The van der Waals surface area contributed by atoms with Crippen molar-refractivity contribution >= 4 is 0 Å². The minimum absolute atomic E-state index is 0.423. The van der Waals surface area contributed by atoms with Crippen LogP contribution in [0.4, 0.5) is 0 Å². The molecule has 0 aliphatic heterocycles. The van der Waals surface area contributed by atoms with Crippen molar-refractivity contribution in [1.29, 1.82) is 0 Å². The monoisotopic (exact) mass is 269 g/mol. The van der Waals surface area contributed by atoms with Gasteiger partial charge in [-0.1, -0.05) is 46.5 Å². The SMILES string of the molecule is CCCNC(C(C)CC)C(OCC)C1CCCCC1. The summed E-state index contributed by atoms with van der Waals surface area (Å²) in [7, 11) is 0. The van der Waals surface area contributed by atoms with Crippen LogP contribution in [-0.4, -0.2) is 25.3 Å². The summed E-state index contributed by atoms with van der Waals surface area (Å²) >= 11 is 0. The Labute approximate surface area is 120 Å². The molecule has 1 rings (SSSR count). The lowest BCUT2D eigenvalue weighted by Crippen LogP contribution is -2.50. The Morgan fingerprint density at radius 2 is 1.79 bits per heavy atom. The van der Waals surface area contributed by atoms with Gasteiger partial charge >= 0.3 is 0 Å². The van der Waals surface area contributed by atoms with E-state index in [4.69, 9.17) is 4.74 Å². The quantitative estimate of drug-likeness (QED) is 0.670. The predicted octanol–water partition coefficient (Wildman–Crippen LogP) is 4.39. The lowest BCUT2D eigenvalue weighted by atomic mass is 9.79. The third-order valence-corrected chi connectivity index (χ3v) is 4.71. The molecule has 0 aromatic rings. The Morgan fingerprint density at radius 1 is 1.11 bits per heavy atom. The maximum atomic E-state index is 6.20. The van der Waals surface area contributed by atoms with Crippen LogP contribution in [0.2, 0.25) is 0 Å². The average molecular weight is 269 g/mol. The molecule has 0 heterocycles. The highest BCUT2D eigenvalue weighted by atomic mass is 16.5. The second-order valence-electron chi connectivity index (χ2n) is 6.18. The predicted molar refractivity (Wildman–Crippen MR) is 83.5 cm³/mol. The first-order valence-corrected chi connectivity index (χ1v) is 8.59. The van der Waals surface area contributed by atoms with E-state index in [1.165, 1.54) is 44.9 Å². The Bertz CT molecular complexity index is 213. The first kappa shape index (κ1) is 17.0. The van der Waals surface area contributed by atoms with Crippen molar-refractivity contribution in [3.05, 3.63) is 0 Å². The van der Waals surface area contributed by atoms with E-state index < -0.39 is 0 Å². The summed E-state index contributed by atoms with van der Waals surface area (Å²) in [5.41, 5.74) is 0. The highest BCUT2D eigenvalue weighted by molar-refractivity contribution is 4.87. The number of ether oxygens (including phenoxy) is 1. The summed E-state index contributed by atoms with van der Waals surface area (Å²) in [4.78, 5) is 0. The molecule has 1 N–H and O–H groups in total. The van der Waals surface area contributed by atoms with Crippen LogP contribution in [0.25, 0.3) is 0 Å². The van der Waals surface area contributed by atoms with Crippen LogP contribution < -0.4 is 5.32 Å². The van der Waals surface area contributed by atoms with E-state index in [2.05, 4.69) is 33.0 Å². The molecule has 1 fully saturated rings. The van der Waals surface area contributed by atoms with Crippen molar-refractivity contribution in [3.63, 3.8) is 0 Å². The molecular formula is C17H35NO. The minimum Gasteiger partial charge on any atom is -0.377 e. The summed E-state index contributed by atoms with van der Waals surface area (Å²) in [5.74, 6) is 1.47. The van der Waals surface area contributed by atoms with Gasteiger partial charge in [0.25, 0.3) is 0 Å². The van der Waals surface area contributed by atoms with Crippen molar-refractivity contribution in [3.8, 4) is 0 Å². The van der Waals surface area contributed by atoms with E-state index in [0.717, 1.165) is 19.1 Å². The first-order valence-electron chi connectivity index (χ1n) is 8.59. The van der Waals surface area contributed by atoms with Gasteiger partial charge in [-0.3, -0.25) is 0 Å². The number of hydrogen-bond donors (Lipinski definition) is 1. The molecular weight excluding hydrogens is 234 g/mol. The molecule has 0 radical (unpaired) electrons. The van der Waals surface area contributed by atoms with E-state index in [9.17, 15) is 0 Å². The maximum Gasteiger partial charge on any atom is 0.0758 e. The van der Waals surface area contributed by atoms with Gasteiger partial charge in [-0.2, -0.15) is 0 Å². The van der Waals surface area contributed by atoms with E-state index in [0.29, 0.717) is 18.1 Å². The third kappa shape index (κ3) is 5.43. The van der Waals surface area contributed by atoms with E-state index in [1.54, 1.807) is 0 Å². The first-order chi connectivity index (χ1) is 9.24. The normalized spacial score (nSPS) is 22.1. The van der Waals surface area contributed by atoms with E-state index in [1.807, 2.05) is 0 Å². The molecule has 1 saturated carbocycles. The fraction of sp³-hybridized carbons (Fsp3) is 1.00. The summed E-state index contributed by atoms with van der Waals surface area (Å²) in [5, 5.41) is 3.78. The van der Waals surface area contributed by atoms with Crippen molar-refractivity contribution in [1.82, 2.24) is 5.32 Å². The second kappa shape index (κ2) is 9.77. The average Bonchev–Trinajstić information content (AvgIpc) is 2.47. The molecule has 0 amide bonds. The Morgan fingerprint density at radius 3 is 2.32 bits per heavy atom. The van der Waals surface area contributed by atoms with Gasteiger partial charge in [-0.15, -0.1) is 0 Å². The van der Waals surface area contributed by atoms with Gasteiger partial charge in [-0.25, -0.2) is 0 Å². The minimum atomic E-state index is 0.423. The molecule has 0 bridgehead atoms. The standard InChI is InChI=1S/C17H35NO/c1-5-13-18-16(14(4)6-2)17(19-7-3)15-11-9-8-10-12-15/h14-18H,5-13H2,1-4H3. The molecule has 3 atom stereocenters. The van der Waals surface area contributed by atoms with Gasteiger partial charge in [0, 0.05) is 12.6 Å². The zero-order valence-electron chi connectivity index (χ0n) is 13.6.